The summed E-state index contributed by atoms with van der Waals surface area (Å²) in [4.78, 5) is 25.9. The molecule has 1 aliphatic heterocycles. The number of amides is 1. The van der Waals surface area contributed by atoms with Crippen LogP contribution in [0.1, 0.15) is 29.6 Å². The largest absolute Gasteiger partial charge is 0.507 e. The van der Waals surface area contributed by atoms with Crippen LogP contribution in [0.25, 0.3) is 10.8 Å². The van der Waals surface area contributed by atoms with Crippen molar-refractivity contribution in [2.75, 3.05) is 19.7 Å². The van der Waals surface area contributed by atoms with Gasteiger partial charge in [-0.15, -0.1) is 0 Å². The van der Waals surface area contributed by atoms with Crippen LogP contribution in [-0.2, 0) is 9.53 Å². The number of phenolic OH excluding ortho intramolecular Hbond substituents is 2. The van der Waals surface area contributed by atoms with Crippen molar-refractivity contribution in [3.8, 4) is 11.5 Å². The molecular weight excluding hydrogens is 310 g/mol. The molecule has 0 aromatic heterocycles. The van der Waals surface area contributed by atoms with Crippen molar-refractivity contribution in [3.05, 3.63) is 35.9 Å². The number of nitrogens with zero attached hydrogens (tertiary/aromatic N) is 1. The smallest absolute Gasteiger partial charge is 0.342 e. The van der Waals surface area contributed by atoms with Crippen LogP contribution >= 0.6 is 0 Å². The van der Waals surface area contributed by atoms with Gasteiger partial charge in [-0.25, -0.2) is 4.79 Å². The summed E-state index contributed by atoms with van der Waals surface area (Å²) >= 11 is 0. The van der Waals surface area contributed by atoms with Crippen LogP contribution in [-0.4, -0.2) is 46.7 Å². The number of ether oxygens (including phenoxy) is 1. The predicted molar refractivity (Wildman–Crippen MR) is 88.0 cm³/mol. The zero-order chi connectivity index (χ0) is 17.1. The molecule has 2 aromatic carbocycles. The van der Waals surface area contributed by atoms with Crippen molar-refractivity contribution >= 4 is 22.6 Å². The van der Waals surface area contributed by atoms with Crippen molar-refractivity contribution < 1.29 is 24.5 Å². The number of fused-ring (bicyclic) bond motifs is 1. The Labute approximate surface area is 139 Å². The molecule has 24 heavy (non-hydrogen) atoms. The molecule has 1 saturated heterocycles. The van der Waals surface area contributed by atoms with Gasteiger partial charge in [-0.1, -0.05) is 24.3 Å². The molecule has 0 saturated carbocycles. The van der Waals surface area contributed by atoms with E-state index in [1.165, 1.54) is 0 Å². The normalized spacial score (nSPS) is 14.6. The van der Waals surface area contributed by atoms with Crippen LogP contribution in [0.5, 0.6) is 11.5 Å². The van der Waals surface area contributed by atoms with Crippen LogP contribution < -0.4 is 0 Å². The lowest BCUT2D eigenvalue weighted by molar-refractivity contribution is -0.135. The standard InChI is InChI=1S/C18H19NO5/c20-15-10-14(17(22)13-7-3-2-6-12(13)15)18(23)24-11-16(21)19-8-4-1-5-9-19/h2-3,6-7,10,20,22H,1,4-5,8-9,11H2. The van der Waals surface area contributed by atoms with Crippen molar-refractivity contribution in [3.63, 3.8) is 0 Å². The van der Waals surface area contributed by atoms with Crippen LogP contribution in [0, 0.1) is 0 Å². The number of esters is 1. The Balaban J connectivity index is 1.74. The second-order valence-electron chi connectivity index (χ2n) is 5.86. The number of likely N-dealkylation sites (tertiary alicyclic amines) is 1. The van der Waals surface area contributed by atoms with Gasteiger partial charge in [0.05, 0.1) is 0 Å². The van der Waals surface area contributed by atoms with E-state index in [0.717, 1.165) is 25.3 Å². The van der Waals surface area contributed by atoms with Gasteiger partial charge in [0.1, 0.15) is 17.1 Å². The van der Waals surface area contributed by atoms with Gasteiger partial charge < -0.3 is 19.8 Å². The Morgan fingerprint density at radius 1 is 1.04 bits per heavy atom. The molecule has 1 amide bonds. The zero-order valence-corrected chi connectivity index (χ0v) is 13.2. The average Bonchev–Trinajstić information content (AvgIpc) is 2.63. The molecule has 0 unspecified atom stereocenters. The fourth-order valence-corrected chi connectivity index (χ4v) is 2.94. The number of carbonyl (C=O) groups is 2. The van der Waals surface area contributed by atoms with Gasteiger partial charge in [0.2, 0.25) is 0 Å². The van der Waals surface area contributed by atoms with Gasteiger partial charge in [0.15, 0.2) is 6.61 Å². The van der Waals surface area contributed by atoms with Crippen molar-refractivity contribution in [1.82, 2.24) is 4.90 Å². The molecule has 0 spiro atoms. The number of hydrogen-bond acceptors (Lipinski definition) is 5. The maximum Gasteiger partial charge on any atom is 0.342 e. The summed E-state index contributed by atoms with van der Waals surface area (Å²) in [5.41, 5.74) is -0.155. The molecule has 6 heteroatoms. The number of rotatable bonds is 3. The summed E-state index contributed by atoms with van der Waals surface area (Å²) in [6.45, 7) is 0.989. The Morgan fingerprint density at radius 3 is 2.42 bits per heavy atom. The SMILES string of the molecule is O=C(OCC(=O)N1CCCCC1)c1cc(O)c2ccccc2c1O. The molecule has 2 N–H and O–H groups in total. The third-order valence-corrected chi connectivity index (χ3v) is 4.25. The highest BCUT2D eigenvalue weighted by molar-refractivity contribution is 6.04. The molecule has 1 heterocycles. The van der Waals surface area contributed by atoms with E-state index in [9.17, 15) is 19.8 Å². The van der Waals surface area contributed by atoms with E-state index in [2.05, 4.69) is 0 Å². The van der Waals surface area contributed by atoms with E-state index in [4.69, 9.17) is 4.74 Å². The number of aromatic hydroxyl groups is 2. The summed E-state index contributed by atoms with van der Waals surface area (Å²) in [5.74, 6) is -1.47. The monoisotopic (exact) mass is 329 g/mol. The molecule has 1 aliphatic rings. The summed E-state index contributed by atoms with van der Waals surface area (Å²) in [5, 5.41) is 21.1. The summed E-state index contributed by atoms with van der Waals surface area (Å²) in [6.07, 6.45) is 3.02. The number of piperidine rings is 1. The molecular formula is C18H19NO5. The summed E-state index contributed by atoms with van der Waals surface area (Å²) in [6, 6.07) is 7.80. The topological polar surface area (TPSA) is 87.1 Å². The molecule has 2 aromatic rings. The first kappa shape index (κ1) is 16.1. The Kier molecular flexibility index (Phi) is 4.55. The van der Waals surface area contributed by atoms with E-state index in [0.29, 0.717) is 23.9 Å². The van der Waals surface area contributed by atoms with Gasteiger partial charge in [-0.05, 0) is 25.3 Å². The number of benzene rings is 2. The Morgan fingerprint density at radius 2 is 1.71 bits per heavy atom. The fraction of sp³-hybridized carbons (Fsp3) is 0.333. The van der Waals surface area contributed by atoms with E-state index >= 15 is 0 Å². The molecule has 0 atom stereocenters. The first-order chi connectivity index (χ1) is 11.6. The molecule has 126 valence electrons. The third-order valence-electron chi connectivity index (χ3n) is 4.25. The van der Waals surface area contributed by atoms with Gasteiger partial charge in [-0.3, -0.25) is 4.79 Å². The lowest BCUT2D eigenvalue weighted by atomic mass is 10.0. The molecule has 0 radical (unpaired) electrons. The maximum atomic E-state index is 12.2. The number of hydrogen-bond donors (Lipinski definition) is 2. The zero-order valence-electron chi connectivity index (χ0n) is 13.2. The van der Waals surface area contributed by atoms with Crippen LogP contribution in [0.15, 0.2) is 30.3 Å². The second kappa shape index (κ2) is 6.78. The Bertz CT molecular complexity index is 780. The predicted octanol–water partition coefficient (Wildman–Crippen LogP) is 2.42. The van der Waals surface area contributed by atoms with Crippen LogP contribution in [0.2, 0.25) is 0 Å². The van der Waals surface area contributed by atoms with E-state index in [1.54, 1.807) is 29.2 Å². The third kappa shape index (κ3) is 3.13. The molecule has 0 aliphatic carbocycles. The summed E-state index contributed by atoms with van der Waals surface area (Å²) in [7, 11) is 0. The number of phenols is 2. The molecule has 0 bridgehead atoms. The average molecular weight is 329 g/mol. The van der Waals surface area contributed by atoms with Gasteiger partial charge in [-0.2, -0.15) is 0 Å². The van der Waals surface area contributed by atoms with Crippen molar-refractivity contribution in [2.24, 2.45) is 0 Å². The van der Waals surface area contributed by atoms with Gasteiger partial charge >= 0.3 is 5.97 Å². The quantitative estimate of drug-likeness (QED) is 0.667. The number of carbonyl (C=O) groups excluding carboxylic acids is 2. The van der Waals surface area contributed by atoms with Crippen molar-refractivity contribution in [1.29, 1.82) is 0 Å². The fourth-order valence-electron chi connectivity index (χ4n) is 2.94. The summed E-state index contributed by atoms with van der Waals surface area (Å²) < 4.78 is 5.03. The second-order valence-corrected chi connectivity index (χ2v) is 5.86. The lowest BCUT2D eigenvalue weighted by Crippen LogP contribution is -2.38. The minimum atomic E-state index is -0.834. The molecule has 1 fully saturated rings. The highest BCUT2D eigenvalue weighted by Gasteiger charge is 2.21. The first-order valence-electron chi connectivity index (χ1n) is 7.96. The van der Waals surface area contributed by atoms with E-state index in [-0.39, 0.29) is 29.6 Å². The first-order valence-corrected chi connectivity index (χ1v) is 7.96. The van der Waals surface area contributed by atoms with E-state index < -0.39 is 5.97 Å². The minimum absolute atomic E-state index is 0.127. The van der Waals surface area contributed by atoms with Gasteiger partial charge in [0.25, 0.3) is 5.91 Å². The highest BCUT2D eigenvalue weighted by atomic mass is 16.5. The molecule has 6 nitrogen and oxygen atoms in total. The maximum absolute atomic E-state index is 12.2. The van der Waals surface area contributed by atoms with Gasteiger partial charge in [0, 0.05) is 23.9 Å². The van der Waals surface area contributed by atoms with E-state index in [1.807, 2.05) is 0 Å². The van der Waals surface area contributed by atoms with Crippen LogP contribution in [0.4, 0.5) is 0 Å². The highest BCUT2D eigenvalue weighted by Crippen LogP contribution is 2.35. The Hall–Kier alpha value is -2.76. The lowest BCUT2D eigenvalue weighted by Gasteiger charge is -2.26. The van der Waals surface area contributed by atoms with Crippen LogP contribution in [0.3, 0.4) is 0 Å². The van der Waals surface area contributed by atoms with Crippen molar-refractivity contribution in [2.45, 2.75) is 19.3 Å². The molecule has 3 rings (SSSR count). The minimum Gasteiger partial charge on any atom is -0.507 e.